The van der Waals surface area contributed by atoms with Gasteiger partial charge in [0.25, 0.3) is 5.69 Å². The van der Waals surface area contributed by atoms with Crippen molar-refractivity contribution in [3.63, 3.8) is 0 Å². The molecule has 1 heterocycles. The molecule has 1 aromatic carbocycles. The molecule has 1 aliphatic heterocycles. The summed E-state index contributed by atoms with van der Waals surface area (Å²) in [6.45, 7) is 1.95. The van der Waals surface area contributed by atoms with E-state index in [0.29, 0.717) is 5.75 Å². The first kappa shape index (κ1) is 17.0. The molecule has 1 unspecified atom stereocenters. The van der Waals surface area contributed by atoms with E-state index in [1.807, 2.05) is 6.92 Å². The van der Waals surface area contributed by atoms with E-state index in [1.54, 1.807) is 30.0 Å². The van der Waals surface area contributed by atoms with Crippen LogP contribution >= 0.6 is 11.8 Å². The molecule has 1 saturated carbocycles. The SMILES string of the molecule is CC1CSC(C2(Oc3ccc([N+](=O)[O-])cc3)CCCCC2)=CC1=O. The summed E-state index contributed by atoms with van der Waals surface area (Å²) in [5.41, 5.74) is -0.412. The summed E-state index contributed by atoms with van der Waals surface area (Å²) >= 11 is 1.71. The summed E-state index contributed by atoms with van der Waals surface area (Å²) in [7, 11) is 0. The minimum atomic E-state index is -0.463. The fourth-order valence-electron chi connectivity index (χ4n) is 3.26. The molecule has 1 aliphatic carbocycles. The number of non-ortho nitro benzene ring substituents is 1. The second-order valence-electron chi connectivity index (χ2n) is 6.53. The van der Waals surface area contributed by atoms with Crippen molar-refractivity contribution in [1.82, 2.24) is 0 Å². The fraction of sp³-hybridized carbons (Fsp3) is 0.500. The number of benzene rings is 1. The molecule has 128 valence electrons. The van der Waals surface area contributed by atoms with Gasteiger partial charge in [-0.25, -0.2) is 0 Å². The third kappa shape index (κ3) is 3.48. The Bertz CT molecular complexity index is 662. The third-order valence-corrected chi connectivity index (χ3v) is 6.19. The summed E-state index contributed by atoms with van der Waals surface area (Å²) in [4.78, 5) is 23.5. The van der Waals surface area contributed by atoms with Crippen LogP contribution in [0.5, 0.6) is 5.75 Å². The lowest BCUT2D eigenvalue weighted by Gasteiger charge is -2.40. The first-order valence-electron chi connectivity index (χ1n) is 8.32. The lowest BCUT2D eigenvalue weighted by molar-refractivity contribution is -0.384. The number of rotatable bonds is 4. The highest BCUT2D eigenvalue weighted by atomic mass is 32.2. The number of carbonyl (C=O) groups excluding carboxylic acids is 1. The Morgan fingerprint density at radius 3 is 2.46 bits per heavy atom. The van der Waals surface area contributed by atoms with Crippen LogP contribution in [0.3, 0.4) is 0 Å². The largest absolute Gasteiger partial charge is 0.482 e. The standard InChI is InChI=1S/C18H21NO4S/c1-13-12-24-17(11-16(13)20)18(9-3-2-4-10-18)23-15-7-5-14(6-8-15)19(21)22/h5-8,11,13H,2-4,9-10,12H2,1H3. The lowest BCUT2D eigenvalue weighted by atomic mass is 9.83. The smallest absolute Gasteiger partial charge is 0.269 e. The second-order valence-corrected chi connectivity index (χ2v) is 7.59. The molecule has 1 atom stereocenters. The summed E-state index contributed by atoms with van der Waals surface area (Å²) in [6.07, 6.45) is 6.82. The maximum absolute atomic E-state index is 12.1. The van der Waals surface area contributed by atoms with E-state index >= 15 is 0 Å². The van der Waals surface area contributed by atoms with Crippen molar-refractivity contribution in [2.45, 2.75) is 44.6 Å². The quantitative estimate of drug-likeness (QED) is 0.592. The van der Waals surface area contributed by atoms with Crippen LogP contribution in [0.2, 0.25) is 0 Å². The van der Waals surface area contributed by atoms with Gasteiger partial charge in [-0.1, -0.05) is 13.3 Å². The summed E-state index contributed by atoms with van der Waals surface area (Å²) in [5, 5.41) is 10.8. The fourth-order valence-corrected chi connectivity index (χ4v) is 4.56. The number of hydrogen-bond acceptors (Lipinski definition) is 5. The molecule has 3 rings (SSSR count). The highest BCUT2D eigenvalue weighted by molar-refractivity contribution is 8.03. The zero-order valence-electron chi connectivity index (χ0n) is 13.7. The van der Waals surface area contributed by atoms with Crippen LogP contribution in [-0.2, 0) is 4.79 Å². The van der Waals surface area contributed by atoms with Gasteiger partial charge >= 0.3 is 0 Å². The molecule has 0 spiro atoms. The molecular weight excluding hydrogens is 326 g/mol. The number of carbonyl (C=O) groups is 1. The van der Waals surface area contributed by atoms with E-state index in [4.69, 9.17) is 4.74 Å². The minimum absolute atomic E-state index is 0.0512. The van der Waals surface area contributed by atoms with Gasteiger partial charge in [0.15, 0.2) is 5.78 Å². The summed E-state index contributed by atoms with van der Waals surface area (Å²) in [5.74, 6) is 1.63. The van der Waals surface area contributed by atoms with Crippen LogP contribution in [0.1, 0.15) is 39.0 Å². The Morgan fingerprint density at radius 1 is 1.21 bits per heavy atom. The lowest BCUT2D eigenvalue weighted by Crippen LogP contribution is -2.41. The first-order chi connectivity index (χ1) is 11.5. The van der Waals surface area contributed by atoms with Crippen molar-refractivity contribution in [2.75, 3.05) is 5.75 Å². The van der Waals surface area contributed by atoms with Crippen LogP contribution in [0.25, 0.3) is 0 Å². The molecular formula is C18H21NO4S. The Kier molecular flexibility index (Phi) is 4.94. The molecule has 0 bridgehead atoms. The van der Waals surface area contributed by atoms with Gasteiger partial charge in [0.2, 0.25) is 0 Å². The number of allylic oxidation sites excluding steroid dienone is 1. The topological polar surface area (TPSA) is 69.4 Å². The molecule has 0 N–H and O–H groups in total. The summed E-state index contributed by atoms with van der Waals surface area (Å²) in [6, 6.07) is 6.21. The maximum atomic E-state index is 12.1. The Morgan fingerprint density at radius 2 is 1.88 bits per heavy atom. The molecule has 0 radical (unpaired) electrons. The number of thioether (sulfide) groups is 1. The van der Waals surface area contributed by atoms with Crippen molar-refractivity contribution in [2.24, 2.45) is 5.92 Å². The van der Waals surface area contributed by atoms with E-state index in [2.05, 4.69) is 0 Å². The highest BCUT2D eigenvalue weighted by Gasteiger charge is 2.40. The number of hydrogen-bond donors (Lipinski definition) is 0. The van der Waals surface area contributed by atoms with E-state index < -0.39 is 10.5 Å². The van der Waals surface area contributed by atoms with E-state index in [-0.39, 0.29) is 17.4 Å². The Hall–Kier alpha value is -1.82. The third-order valence-electron chi connectivity index (χ3n) is 4.72. The zero-order chi connectivity index (χ0) is 17.2. The minimum Gasteiger partial charge on any atom is -0.482 e. The Balaban J connectivity index is 1.87. The molecule has 0 saturated heterocycles. The average Bonchev–Trinajstić information content (AvgIpc) is 2.58. The maximum Gasteiger partial charge on any atom is 0.269 e. The van der Waals surface area contributed by atoms with Gasteiger partial charge in [-0.2, -0.15) is 0 Å². The molecule has 6 heteroatoms. The van der Waals surface area contributed by atoms with Crippen LogP contribution in [0.15, 0.2) is 35.2 Å². The highest BCUT2D eigenvalue weighted by Crippen LogP contribution is 2.45. The van der Waals surface area contributed by atoms with Gasteiger partial charge in [0.05, 0.1) is 4.92 Å². The monoisotopic (exact) mass is 347 g/mol. The second kappa shape index (κ2) is 6.97. The predicted molar refractivity (Wildman–Crippen MR) is 94.3 cm³/mol. The molecule has 5 nitrogen and oxygen atoms in total. The van der Waals surface area contributed by atoms with Gasteiger partial charge in [0.1, 0.15) is 11.4 Å². The number of nitro groups is 1. The van der Waals surface area contributed by atoms with Gasteiger partial charge in [-0.05, 0) is 43.9 Å². The van der Waals surface area contributed by atoms with Crippen LogP contribution in [0, 0.1) is 16.0 Å². The molecule has 2 aliphatic rings. The van der Waals surface area contributed by atoms with E-state index in [1.165, 1.54) is 18.6 Å². The number of ketones is 1. The van der Waals surface area contributed by atoms with Crippen molar-refractivity contribution in [3.05, 3.63) is 45.4 Å². The van der Waals surface area contributed by atoms with Gasteiger partial charge in [-0.3, -0.25) is 14.9 Å². The molecule has 0 amide bonds. The normalized spacial score (nSPS) is 23.5. The van der Waals surface area contributed by atoms with Crippen LogP contribution < -0.4 is 4.74 Å². The zero-order valence-corrected chi connectivity index (χ0v) is 14.5. The number of ether oxygens (including phenoxy) is 1. The van der Waals surface area contributed by atoms with Crippen molar-refractivity contribution in [1.29, 1.82) is 0 Å². The van der Waals surface area contributed by atoms with Gasteiger partial charge in [0, 0.05) is 28.7 Å². The van der Waals surface area contributed by atoms with Crippen LogP contribution in [0.4, 0.5) is 5.69 Å². The number of nitrogens with zero attached hydrogens (tertiary/aromatic N) is 1. The molecule has 24 heavy (non-hydrogen) atoms. The van der Waals surface area contributed by atoms with Crippen molar-refractivity contribution >= 4 is 23.2 Å². The first-order valence-corrected chi connectivity index (χ1v) is 9.31. The van der Waals surface area contributed by atoms with E-state index in [9.17, 15) is 14.9 Å². The summed E-state index contributed by atoms with van der Waals surface area (Å²) < 4.78 is 6.34. The molecule has 1 fully saturated rings. The predicted octanol–water partition coefficient (Wildman–Crippen LogP) is 4.51. The van der Waals surface area contributed by atoms with Gasteiger partial charge in [-0.15, -0.1) is 11.8 Å². The van der Waals surface area contributed by atoms with E-state index in [0.717, 1.165) is 36.3 Å². The molecule has 0 aromatic heterocycles. The van der Waals surface area contributed by atoms with Crippen molar-refractivity contribution in [3.8, 4) is 5.75 Å². The van der Waals surface area contributed by atoms with Crippen molar-refractivity contribution < 1.29 is 14.5 Å². The van der Waals surface area contributed by atoms with Gasteiger partial charge < -0.3 is 4.74 Å². The molecule has 1 aromatic rings. The Labute approximate surface area is 145 Å². The average molecular weight is 347 g/mol. The van der Waals surface area contributed by atoms with Crippen LogP contribution in [-0.4, -0.2) is 22.1 Å². The number of nitro benzene ring substituents is 1.